The lowest BCUT2D eigenvalue weighted by Gasteiger charge is -2.10. The van der Waals surface area contributed by atoms with Crippen LogP contribution in [0.4, 0.5) is 5.69 Å². The summed E-state index contributed by atoms with van der Waals surface area (Å²) in [7, 11) is 0. The molecule has 0 bridgehead atoms. The Balaban J connectivity index is 2.67. The van der Waals surface area contributed by atoms with Crippen LogP contribution in [-0.2, 0) is 6.42 Å². The Morgan fingerprint density at radius 2 is 2.23 bits per heavy atom. The van der Waals surface area contributed by atoms with Crippen molar-refractivity contribution in [2.45, 2.75) is 25.8 Å². The van der Waals surface area contributed by atoms with Crippen molar-refractivity contribution in [3.8, 4) is 0 Å². The van der Waals surface area contributed by atoms with E-state index < -0.39 is 0 Å². The maximum atomic E-state index is 6.17. The van der Waals surface area contributed by atoms with E-state index in [1.54, 1.807) is 0 Å². The van der Waals surface area contributed by atoms with E-state index in [9.17, 15) is 0 Å². The van der Waals surface area contributed by atoms with E-state index >= 15 is 0 Å². The van der Waals surface area contributed by atoms with Gasteiger partial charge in [-0.2, -0.15) is 0 Å². The number of halogens is 1. The summed E-state index contributed by atoms with van der Waals surface area (Å²) < 4.78 is 0. The summed E-state index contributed by atoms with van der Waals surface area (Å²) in [6.07, 6.45) is 1.97. The van der Waals surface area contributed by atoms with E-state index in [0.717, 1.165) is 34.7 Å². The number of nitrogen functional groups attached to an aromatic ring is 1. The zero-order valence-electron chi connectivity index (χ0n) is 7.60. The van der Waals surface area contributed by atoms with Gasteiger partial charge in [0.25, 0.3) is 0 Å². The van der Waals surface area contributed by atoms with Crippen molar-refractivity contribution in [3.63, 3.8) is 0 Å². The van der Waals surface area contributed by atoms with Crippen LogP contribution in [0.2, 0.25) is 5.02 Å². The molecule has 1 aliphatic rings. The highest BCUT2D eigenvalue weighted by Crippen LogP contribution is 2.38. The van der Waals surface area contributed by atoms with Crippen LogP contribution in [0.5, 0.6) is 0 Å². The average Bonchev–Trinajstić information content (AvgIpc) is 2.45. The molecule has 3 heteroatoms. The lowest BCUT2D eigenvalue weighted by molar-refractivity contribution is 0.713. The number of benzene rings is 1. The minimum atomic E-state index is 0.121. The second kappa shape index (κ2) is 2.89. The fraction of sp³-hybridized carbons (Fsp3) is 0.400. The molecule has 1 aromatic rings. The molecule has 2 rings (SSSR count). The molecule has 1 aromatic carbocycles. The molecule has 1 aliphatic carbocycles. The van der Waals surface area contributed by atoms with E-state index in [1.165, 1.54) is 5.56 Å². The third kappa shape index (κ3) is 1.21. The smallest absolute Gasteiger partial charge is 0.0491 e. The highest BCUT2D eigenvalue weighted by Gasteiger charge is 2.23. The van der Waals surface area contributed by atoms with E-state index in [-0.39, 0.29) is 6.04 Å². The van der Waals surface area contributed by atoms with Gasteiger partial charge in [0.1, 0.15) is 0 Å². The highest BCUT2D eigenvalue weighted by atomic mass is 35.5. The second-order valence-corrected chi connectivity index (χ2v) is 4.00. The molecule has 4 N–H and O–H groups in total. The van der Waals surface area contributed by atoms with E-state index in [1.807, 2.05) is 13.0 Å². The van der Waals surface area contributed by atoms with Gasteiger partial charge in [-0.1, -0.05) is 11.6 Å². The molecular weight excluding hydrogens is 184 g/mol. The van der Waals surface area contributed by atoms with Crippen molar-refractivity contribution in [2.24, 2.45) is 5.73 Å². The molecule has 70 valence electrons. The van der Waals surface area contributed by atoms with Gasteiger partial charge in [-0.05, 0) is 42.5 Å². The minimum absolute atomic E-state index is 0.121. The number of hydrogen-bond acceptors (Lipinski definition) is 2. The molecule has 0 unspecified atom stereocenters. The summed E-state index contributed by atoms with van der Waals surface area (Å²) in [5, 5.41) is 0.808. The fourth-order valence-corrected chi connectivity index (χ4v) is 2.20. The lowest BCUT2D eigenvalue weighted by Crippen LogP contribution is -2.06. The third-order valence-corrected chi connectivity index (χ3v) is 3.30. The molecule has 2 nitrogen and oxygen atoms in total. The summed E-state index contributed by atoms with van der Waals surface area (Å²) in [5.41, 5.74) is 15.8. The van der Waals surface area contributed by atoms with Crippen molar-refractivity contribution in [3.05, 3.63) is 27.8 Å². The maximum Gasteiger partial charge on any atom is 0.0491 e. The Morgan fingerprint density at radius 1 is 1.54 bits per heavy atom. The Bertz CT molecular complexity index is 360. The van der Waals surface area contributed by atoms with Crippen LogP contribution < -0.4 is 11.5 Å². The first-order valence-electron chi connectivity index (χ1n) is 4.44. The van der Waals surface area contributed by atoms with Crippen LogP contribution in [0.1, 0.15) is 29.2 Å². The monoisotopic (exact) mass is 196 g/mol. The second-order valence-electron chi connectivity index (χ2n) is 3.62. The molecule has 0 aliphatic heterocycles. The molecule has 0 saturated heterocycles. The largest absolute Gasteiger partial charge is 0.398 e. The first-order valence-corrected chi connectivity index (χ1v) is 4.82. The standard InChI is InChI=1S/C10H13ClN2/c1-5-9(13)4-7-6(10(5)11)2-3-8(7)12/h4,8H,2-3,12-13H2,1H3/t8-/m1/s1. The number of rotatable bonds is 0. The van der Waals surface area contributed by atoms with Gasteiger partial charge in [0.15, 0.2) is 0 Å². The van der Waals surface area contributed by atoms with Gasteiger partial charge < -0.3 is 11.5 Å². The van der Waals surface area contributed by atoms with Crippen LogP contribution in [0.25, 0.3) is 0 Å². The van der Waals surface area contributed by atoms with Gasteiger partial charge in [-0.3, -0.25) is 0 Å². The zero-order chi connectivity index (χ0) is 9.59. The molecule has 0 saturated carbocycles. The Hall–Kier alpha value is -0.730. The van der Waals surface area contributed by atoms with Gasteiger partial charge in [0.05, 0.1) is 0 Å². The van der Waals surface area contributed by atoms with Gasteiger partial charge in [-0.25, -0.2) is 0 Å². The van der Waals surface area contributed by atoms with Crippen molar-refractivity contribution in [1.82, 2.24) is 0 Å². The first-order chi connectivity index (χ1) is 6.11. The summed E-state index contributed by atoms with van der Waals surface area (Å²) >= 11 is 6.17. The Labute approximate surface area is 82.9 Å². The van der Waals surface area contributed by atoms with Gasteiger partial charge >= 0.3 is 0 Å². The van der Waals surface area contributed by atoms with E-state index in [4.69, 9.17) is 23.1 Å². The topological polar surface area (TPSA) is 52.0 Å². The summed E-state index contributed by atoms with van der Waals surface area (Å²) in [6.45, 7) is 1.95. The van der Waals surface area contributed by atoms with Crippen LogP contribution >= 0.6 is 11.6 Å². The average molecular weight is 197 g/mol. The molecule has 0 amide bonds. The van der Waals surface area contributed by atoms with Crippen molar-refractivity contribution in [2.75, 3.05) is 5.73 Å². The SMILES string of the molecule is Cc1c(N)cc2c(c1Cl)CC[C@H]2N. The van der Waals surface area contributed by atoms with Crippen molar-refractivity contribution in [1.29, 1.82) is 0 Å². The number of nitrogens with two attached hydrogens (primary N) is 2. The van der Waals surface area contributed by atoms with E-state index in [0.29, 0.717) is 0 Å². The van der Waals surface area contributed by atoms with Crippen LogP contribution in [-0.4, -0.2) is 0 Å². The predicted octanol–water partition coefficient (Wildman–Crippen LogP) is 2.18. The molecule has 13 heavy (non-hydrogen) atoms. The summed E-state index contributed by atoms with van der Waals surface area (Å²) in [5.74, 6) is 0. The molecule has 1 atom stereocenters. The first kappa shape index (κ1) is 8.85. The molecule has 0 spiro atoms. The molecule has 0 aromatic heterocycles. The van der Waals surface area contributed by atoms with Crippen LogP contribution in [0, 0.1) is 6.92 Å². The quantitative estimate of drug-likeness (QED) is 0.625. The lowest BCUT2D eigenvalue weighted by atomic mass is 10.0. The summed E-state index contributed by atoms with van der Waals surface area (Å²) in [6, 6.07) is 2.09. The number of fused-ring (bicyclic) bond motifs is 1. The molecular formula is C10H13ClN2. The fourth-order valence-electron chi connectivity index (χ4n) is 1.88. The Morgan fingerprint density at radius 3 is 2.92 bits per heavy atom. The number of hydrogen-bond donors (Lipinski definition) is 2. The summed E-state index contributed by atoms with van der Waals surface area (Å²) in [4.78, 5) is 0. The minimum Gasteiger partial charge on any atom is -0.398 e. The van der Waals surface area contributed by atoms with Gasteiger partial charge in [0.2, 0.25) is 0 Å². The highest BCUT2D eigenvalue weighted by molar-refractivity contribution is 6.32. The predicted molar refractivity (Wildman–Crippen MR) is 55.9 cm³/mol. The van der Waals surface area contributed by atoms with Gasteiger partial charge in [0, 0.05) is 16.8 Å². The maximum absolute atomic E-state index is 6.17. The van der Waals surface area contributed by atoms with Crippen LogP contribution in [0.3, 0.4) is 0 Å². The third-order valence-electron chi connectivity index (χ3n) is 2.79. The normalized spacial score (nSPS) is 20.4. The molecule has 0 fully saturated rings. The zero-order valence-corrected chi connectivity index (χ0v) is 8.36. The molecule has 0 radical (unpaired) electrons. The molecule has 0 heterocycles. The van der Waals surface area contributed by atoms with Crippen LogP contribution in [0.15, 0.2) is 6.07 Å². The van der Waals surface area contributed by atoms with Gasteiger partial charge in [-0.15, -0.1) is 0 Å². The van der Waals surface area contributed by atoms with Crippen molar-refractivity contribution < 1.29 is 0 Å². The Kier molecular flexibility index (Phi) is 1.97. The van der Waals surface area contributed by atoms with Crippen molar-refractivity contribution >= 4 is 17.3 Å². The number of anilines is 1. The van der Waals surface area contributed by atoms with E-state index in [2.05, 4.69) is 0 Å².